The number of rotatable bonds is 6. The minimum Gasteiger partial charge on any atom is -0.341 e. The van der Waals surface area contributed by atoms with Crippen LogP contribution in [-0.4, -0.2) is 38.0 Å². The van der Waals surface area contributed by atoms with Crippen molar-refractivity contribution in [1.29, 1.82) is 0 Å². The molecule has 0 spiro atoms. The van der Waals surface area contributed by atoms with Crippen LogP contribution in [0.1, 0.15) is 49.5 Å². The highest BCUT2D eigenvalue weighted by molar-refractivity contribution is 7.98. The van der Waals surface area contributed by atoms with Gasteiger partial charge in [-0.15, -0.1) is 10.2 Å². The molecule has 0 bridgehead atoms. The third-order valence-electron chi connectivity index (χ3n) is 5.29. The number of thioether (sulfide) groups is 1. The van der Waals surface area contributed by atoms with Crippen molar-refractivity contribution in [2.75, 3.05) is 18.0 Å². The SMILES string of the molecule is Cc1ccc(-c2nc(CSc3nnc(N4CCCCC4)n3C3CC3)no2)cc1. The Labute approximate surface area is 168 Å². The van der Waals surface area contributed by atoms with Gasteiger partial charge in [-0.3, -0.25) is 4.57 Å². The largest absolute Gasteiger partial charge is 0.341 e. The first-order valence-electron chi connectivity index (χ1n) is 10.0. The highest BCUT2D eigenvalue weighted by Crippen LogP contribution is 2.41. The van der Waals surface area contributed by atoms with E-state index in [1.165, 1.54) is 37.7 Å². The van der Waals surface area contributed by atoms with Crippen molar-refractivity contribution in [3.8, 4) is 11.5 Å². The molecule has 1 aliphatic carbocycles. The van der Waals surface area contributed by atoms with Crippen LogP contribution in [0.25, 0.3) is 11.5 Å². The molecule has 0 amide bonds. The monoisotopic (exact) mass is 396 g/mol. The maximum absolute atomic E-state index is 5.44. The maximum Gasteiger partial charge on any atom is 0.257 e. The van der Waals surface area contributed by atoms with Crippen LogP contribution in [0.2, 0.25) is 0 Å². The molecule has 0 unspecified atom stereocenters. The third-order valence-corrected chi connectivity index (χ3v) is 6.23. The van der Waals surface area contributed by atoms with E-state index in [2.05, 4.69) is 36.7 Å². The molecule has 1 aromatic carbocycles. The van der Waals surface area contributed by atoms with Gasteiger partial charge in [0.25, 0.3) is 5.89 Å². The summed E-state index contributed by atoms with van der Waals surface area (Å²) in [4.78, 5) is 6.94. The molecule has 1 aliphatic heterocycles. The van der Waals surface area contributed by atoms with E-state index in [9.17, 15) is 0 Å². The second-order valence-electron chi connectivity index (χ2n) is 7.60. The van der Waals surface area contributed by atoms with Crippen molar-refractivity contribution in [3.63, 3.8) is 0 Å². The van der Waals surface area contributed by atoms with Crippen LogP contribution in [0.5, 0.6) is 0 Å². The van der Waals surface area contributed by atoms with Crippen LogP contribution in [0.15, 0.2) is 33.9 Å². The van der Waals surface area contributed by atoms with E-state index in [0.29, 0.717) is 23.5 Å². The molecule has 2 aliphatic rings. The topological polar surface area (TPSA) is 72.9 Å². The molecule has 7 nitrogen and oxygen atoms in total. The molecule has 8 heteroatoms. The summed E-state index contributed by atoms with van der Waals surface area (Å²) in [7, 11) is 0. The van der Waals surface area contributed by atoms with E-state index in [0.717, 1.165) is 29.8 Å². The van der Waals surface area contributed by atoms with Crippen LogP contribution in [0.3, 0.4) is 0 Å². The zero-order chi connectivity index (χ0) is 18.9. The second kappa shape index (κ2) is 7.58. The van der Waals surface area contributed by atoms with Crippen LogP contribution < -0.4 is 4.90 Å². The standard InChI is InChI=1S/C20H24N6OS/c1-14-5-7-15(8-6-14)18-21-17(24-27-18)13-28-20-23-22-19(26(20)16-9-10-16)25-11-3-2-4-12-25/h5-8,16H,2-4,9-13H2,1H3. The predicted octanol–water partition coefficient (Wildman–Crippen LogP) is 4.25. The lowest BCUT2D eigenvalue weighted by molar-refractivity contribution is 0.425. The lowest BCUT2D eigenvalue weighted by Gasteiger charge is -2.27. The van der Waals surface area contributed by atoms with Gasteiger partial charge in [-0.1, -0.05) is 34.6 Å². The van der Waals surface area contributed by atoms with Crippen LogP contribution in [0, 0.1) is 6.92 Å². The van der Waals surface area contributed by atoms with Gasteiger partial charge in [-0.2, -0.15) is 4.98 Å². The van der Waals surface area contributed by atoms with Gasteiger partial charge in [-0.05, 0) is 51.2 Å². The molecular formula is C20H24N6OS. The van der Waals surface area contributed by atoms with Crippen LogP contribution in [0.4, 0.5) is 5.95 Å². The van der Waals surface area contributed by atoms with E-state index in [-0.39, 0.29) is 0 Å². The van der Waals surface area contributed by atoms with Gasteiger partial charge in [0, 0.05) is 24.7 Å². The summed E-state index contributed by atoms with van der Waals surface area (Å²) in [6.45, 7) is 4.23. The van der Waals surface area contributed by atoms with Gasteiger partial charge in [0.2, 0.25) is 5.95 Å². The number of benzene rings is 1. The van der Waals surface area contributed by atoms with Crippen LogP contribution >= 0.6 is 11.8 Å². The average molecular weight is 397 g/mol. The molecule has 2 aromatic heterocycles. The van der Waals surface area contributed by atoms with Gasteiger partial charge in [0.15, 0.2) is 11.0 Å². The molecule has 3 heterocycles. The lowest BCUT2D eigenvalue weighted by Crippen LogP contribution is -2.31. The van der Waals surface area contributed by atoms with E-state index in [1.807, 2.05) is 24.3 Å². The molecule has 0 atom stereocenters. The van der Waals surface area contributed by atoms with Crippen molar-refractivity contribution in [2.45, 2.75) is 56.0 Å². The number of piperidine rings is 1. The number of aromatic nitrogens is 5. The molecule has 0 N–H and O–H groups in total. The molecule has 5 rings (SSSR count). The van der Waals surface area contributed by atoms with E-state index < -0.39 is 0 Å². The average Bonchev–Trinajstić information content (AvgIpc) is 3.30. The summed E-state index contributed by atoms with van der Waals surface area (Å²) in [6.07, 6.45) is 6.23. The van der Waals surface area contributed by atoms with Gasteiger partial charge < -0.3 is 9.42 Å². The zero-order valence-corrected chi connectivity index (χ0v) is 16.9. The van der Waals surface area contributed by atoms with Crippen molar-refractivity contribution >= 4 is 17.7 Å². The molecule has 2 fully saturated rings. The summed E-state index contributed by atoms with van der Waals surface area (Å²) in [5.41, 5.74) is 2.16. The number of hydrogen-bond donors (Lipinski definition) is 0. The van der Waals surface area contributed by atoms with E-state index >= 15 is 0 Å². The minimum absolute atomic E-state index is 0.544. The minimum atomic E-state index is 0.544. The highest BCUT2D eigenvalue weighted by atomic mass is 32.2. The lowest BCUT2D eigenvalue weighted by atomic mass is 10.1. The van der Waals surface area contributed by atoms with Crippen LogP contribution in [-0.2, 0) is 5.75 Å². The summed E-state index contributed by atoms with van der Waals surface area (Å²) >= 11 is 1.64. The quantitative estimate of drug-likeness (QED) is 0.577. The fraction of sp³-hybridized carbons (Fsp3) is 0.500. The fourth-order valence-corrected chi connectivity index (χ4v) is 4.43. The first-order chi connectivity index (χ1) is 13.8. The van der Waals surface area contributed by atoms with Gasteiger partial charge in [0.05, 0.1) is 5.75 Å². The summed E-state index contributed by atoms with van der Waals surface area (Å²) in [5.74, 6) is 2.91. The van der Waals surface area contributed by atoms with Gasteiger partial charge >= 0.3 is 0 Å². The normalized spacial score (nSPS) is 17.2. The van der Waals surface area contributed by atoms with E-state index in [1.54, 1.807) is 11.8 Å². The fourth-order valence-electron chi connectivity index (χ4n) is 3.58. The molecule has 1 saturated heterocycles. The van der Waals surface area contributed by atoms with Crippen molar-refractivity contribution < 1.29 is 4.52 Å². The Morgan fingerprint density at radius 2 is 1.86 bits per heavy atom. The first kappa shape index (κ1) is 17.7. The Kier molecular flexibility index (Phi) is 4.80. The molecular weight excluding hydrogens is 372 g/mol. The number of nitrogens with zero attached hydrogens (tertiary/aromatic N) is 6. The Morgan fingerprint density at radius 1 is 1.07 bits per heavy atom. The molecule has 1 saturated carbocycles. The Hall–Kier alpha value is -2.35. The molecule has 0 radical (unpaired) electrons. The summed E-state index contributed by atoms with van der Waals surface area (Å²) in [5, 5.41) is 14.1. The Balaban J connectivity index is 1.30. The molecule has 28 heavy (non-hydrogen) atoms. The molecule has 3 aromatic rings. The summed E-state index contributed by atoms with van der Waals surface area (Å²) < 4.78 is 7.77. The zero-order valence-electron chi connectivity index (χ0n) is 16.0. The van der Waals surface area contributed by atoms with Gasteiger partial charge in [0.1, 0.15) is 0 Å². The number of anilines is 1. The Morgan fingerprint density at radius 3 is 2.61 bits per heavy atom. The molecule has 146 valence electrons. The van der Waals surface area contributed by atoms with E-state index in [4.69, 9.17) is 4.52 Å². The second-order valence-corrected chi connectivity index (χ2v) is 8.54. The smallest absolute Gasteiger partial charge is 0.257 e. The van der Waals surface area contributed by atoms with Crippen molar-refractivity contribution in [2.24, 2.45) is 0 Å². The predicted molar refractivity (Wildman–Crippen MR) is 108 cm³/mol. The van der Waals surface area contributed by atoms with Gasteiger partial charge in [-0.25, -0.2) is 0 Å². The summed E-state index contributed by atoms with van der Waals surface area (Å²) in [6, 6.07) is 8.66. The number of hydrogen-bond acceptors (Lipinski definition) is 7. The third kappa shape index (κ3) is 3.65. The van der Waals surface area contributed by atoms with Crippen molar-refractivity contribution in [3.05, 3.63) is 35.7 Å². The number of aryl methyl sites for hydroxylation is 1. The Bertz CT molecular complexity index is 940. The first-order valence-corrected chi connectivity index (χ1v) is 11.0. The van der Waals surface area contributed by atoms with Crippen molar-refractivity contribution in [1.82, 2.24) is 24.9 Å². The highest BCUT2D eigenvalue weighted by Gasteiger charge is 2.32. The maximum atomic E-state index is 5.44.